The van der Waals surface area contributed by atoms with Crippen LogP contribution in [0.15, 0.2) is 22.7 Å². The van der Waals surface area contributed by atoms with Crippen molar-refractivity contribution in [2.75, 3.05) is 6.61 Å². The Kier molecular flexibility index (Phi) is 5.35. The monoisotopic (exact) mass is 313 g/mol. The standard InChI is InChI=1S/C14H20BrNO2/c1-4-14(5-2,9-17)16-13(18)11-8-10(3)6-7-12(11)15/h6-8,17H,4-5,9H2,1-3H3,(H,16,18). The van der Waals surface area contributed by atoms with Gasteiger partial charge >= 0.3 is 0 Å². The van der Waals surface area contributed by atoms with E-state index in [4.69, 9.17) is 0 Å². The van der Waals surface area contributed by atoms with Crippen LogP contribution < -0.4 is 5.32 Å². The zero-order valence-corrected chi connectivity index (χ0v) is 12.7. The molecule has 0 unspecified atom stereocenters. The highest BCUT2D eigenvalue weighted by atomic mass is 79.9. The van der Waals surface area contributed by atoms with E-state index in [0.29, 0.717) is 18.4 Å². The lowest BCUT2D eigenvalue weighted by molar-refractivity contribution is 0.0817. The molecule has 0 saturated heterocycles. The molecule has 1 aromatic rings. The summed E-state index contributed by atoms with van der Waals surface area (Å²) < 4.78 is 0.768. The summed E-state index contributed by atoms with van der Waals surface area (Å²) >= 11 is 3.38. The Morgan fingerprint density at radius 3 is 2.50 bits per heavy atom. The van der Waals surface area contributed by atoms with E-state index >= 15 is 0 Å². The number of halogens is 1. The number of aliphatic hydroxyl groups excluding tert-OH is 1. The average molecular weight is 314 g/mol. The van der Waals surface area contributed by atoms with E-state index in [1.165, 1.54) is 0 Å². The lowest BCUT2D eigenvalue weighted by Gasteiger charge is -2.31. The molecule has 1 aromatic carbocycles. The largest absolute Gasteiger partial charge is 0.394 e. The van der Waals surface area contributed by atoms with E-state index < -0.39 is 5.54 Å². The molecule has 0 fully saturated rings. The minimum atomic E-state index is -0.528. The van der Waals surface area contributed by atoms with Gasteiger partial charge in [-0.05, 0) is 47.8 Å². The summed E-state index contributed by atoms with van der Waals surface area (Å²) in [6.45, 7) is 5.83. The third-order valence-electron chi connectivity index (χ3n) is 3.40. The third kappa shape index (κ3) is 3.33. The first-order valence-corrected chi connectivity index (χ1v) is 6.97. The first-order chi connectivity index (χ1) is 8.48. The smallest absolute Gasteiger partial charge is 0.252 e. The lowest BCUT2D eigenvalue weighted by atomic mass is 9.93. The zero-order chi connectivity index (χ0) is 13.8. The summed E-state index contributed by atoms with van der Waals surface area (Å²) in [6, 6.07) is 5.65. The minimum absolute atomic E-state index is 0.0465. The van der Waals surface area contributed by atoms with Gasteiger partial charge in [0, 0.05) is 4.47 Å². The molecule has 0 bridgehead atoms. The maximum absolute atomic E-state index is 12.3. The highest BCUT2D eigenvalue weighted by Crippen LogP contribution is 2.21. The van der Waals surface area contributed by atoms with Crippen molar-refractivity contribution in [3.8, 4) is 0 Å². The van der Waals surface area contributed by atoms with Crippen LogP contribution in [0.3, 0.4) is 0 Å². The van der Waals surface area contributed by atoms with Crippen LogP contribution in [0.1, 0.15) is 42.6 Å². The van der Waals surface area contributed by atoms with Crippen LogP contribution in [-0.4, -0.2) is 23.2 Å². The number of hydrogen-bond acceptors (Lipinski definition) is 2. The van der Waals surface area contributed by atoms with Crippen LogP contribution in [0.2, 0.25) is 0 Å². The first kappa shape index (κ1) is 15.2. The molecule has 1 amide bonds. The predicted octanol–water partition coefficient (Wildman–Crippen LogP) is 3.04. The quantitative estimate of drug-likeness (QED) is 0.877. The van der Waals surface area contributed by atoms with Gasteiger partial charge in [-0.2, -0.15) is 0 Å². The van der Waals surface area contributed by atoms with Gasteiger partial charge in [0.1, 0.15) is 0 Å². The van der Waals surface area contributed by atoms with Crippen molar-refractivity contribution in [3.05, 3.63) is 33.8 Å². The topological polar surface area (TPSA) is 49.3 Å². The Balaban J connectivity index is 2.97. The van der Waals surface area contributed by atoms with Gasteiger partial charge in [0.15, 0.2) is 0 Å². The Morgan fingerprint density at radius 1 is 1.39 bits per heavy atom. The highest BCUT2D eigenvalue weighted by Gasteiger charge is 2.28. The lowest BCUT2D eigenvalue weighted by Crippen LogP contribution is -2.50. The molecule has 3 nitrogen and oxygen atoms in total. The second-order valence-corrected chi connectivity index (χ2v) is 5.44. The normalized spacial score (nSPS) is 11.4. The number of rotatable bonds is 5. The summed E-state index contributed by atoms with van der Waals surface area (Å²) in [5, 5.41) is 12.4. The Labute approximate surface area is 117 Å². The molecule has 0 atom stereocenters. The van der Waals surface area contributed by atoms with Crippen LogP contribution in [0, 0.1) is 6.92 Å². The number of benzene rings is 1. The number of nitrogens with one attached hydrogen (secondary N) is 1. The van der Waals surface area contributed by atoms with Gasteiger partial charge in [-0.15, -0.1) is 0 Å². The second kappa shape index (κ2) is 6.34. The van der Waals surface area contributed by atoms with Gasteiger partial charge in [-0.25, -0.2) is 0 Å². The number of carbonyl (C=O) groups is 1. The first-order valence-electron chi connectivity index (χ1n) is 6.17. The van der Waals surface area contributed by atoms with Gasteiger partial charge in [-0.3, -0.25) is 4.79 Å². The van der Waals surface area contributed by atoms with Crippen molar-refractivity contribution < 1.29 is 9.90 Å². The molecule has 0 radical (unpaired) electrons. The SMILES string of the molecule is CCC(CC)(CO)NC(=O)c1cc(C)ccc1Br. The summed E-state index contributed by atoms with van der Waals surface area (Å²) in [5.41, 5.74) is 1.11. The van der Waals surface area contributed by atoms with E-state index in [1.807, 2.05) is 39.0 Å². The third-order valence-corrected chi connectivity index (χ3v) is 4.09. The van der Waals surface area contributed by atoms with E-state index in [9.17, 15) is 9.90 Å². The van der Waals surface area contributed by atoms with E-state index in [2.05, 4.69) is 21.2 Å². The molecule has 0 spiro atoms. The van der Waals surface area contributed by atoms with Gasteiger partial charge in [0.05, 0.1) is 17.7 Å². The molecular weight excluding hydrogens is 294 g/mol. The van der Waals surface area contributed by atoms with Crippen molar-refractivity contribution in [3.63, 3.8) is 0 Å². The minimum Gasteiger partial charge on any atom is -0.394 e. The Bertz CT molecular complexity index is 420. The van der Waals surface area contributed by atoms with Crippen LogP contribution in [0.25, 0.3) is 0 Å². The van der Waals surface area contributed by atoms with Crippen LogP contribution in [0.5, 0.6) is 0 Å². The number of aryl methyl sites for hydroxylation is 1. The van der Waals surface area contributed by atoms with Crippen molar-refractivity contribution in [2.45, 2.75) is 39.2 Å². The molecule has 0 aliphatic rings. The van der Waals surface area contributed by atoms with Gasteiger partial charge in [-0.1, -0.05) is 25.5 Å². The number of carbonyl (C=O) groups excluding carboxylic acids is 1. The maximum atomic E-state index is 12.3. The maximum Gasteiger partial charge on any atom is 0.252 e. The molecule has 1 rings (SSSR count). The van der Waals surface area contributed by atoms with Gasteiger partial charge in [0.25, 0.3) is 5.91 Å². The molecular formula is C14H20BrNO2. The zero-order valence-electron chi connectivity index (χ0n) is 11.1. The molecule has 0 aromatic heterocycles. The summed E-state index contributed by atoms with van der Waals surface area (Å²) in [4.78, 5) is 12.3. The van der Waals surface area contributed by atoms with Crippen LogP contribution in [-0.2, 0) is 0 Å². The van der Waals surface area contributed by atoms with Crippen molar-refractivity contribution >= 4 is 21.8 Å². The second-order valence-electron chi connectivity index (χ2n) is 4.58. The molecule has 4 heteroatoms. The summed E-state index contributed by atoms with van der Waals surface area (Å²) in [5.74, 6) is -0.150. The van der Waals surface area contributed by atoms with E-state index in [0.717, 1.165) is 10.0 Å². The molecule has 0 aliphatic heterocycles. The van der Waals surface area contributed by atoms with Crippen LogP contribution in [0.4, 0.5) is 0 Å². The number of hydrogen-bond donors (Lipinski definition) is 2. The fraction of sp³-hybridized carbons (Fsp3) is 0.500. The average Bonchev–Trinajstić information content (AvgIpc) is 2.38. The van der Waals surface area contributed by atoms with E-state index in [-0.39, 0.29) is 12.5 Å². The van der Waals surface area contributed by atoms with Gasteiger partial charge in [0.2, 0.25) is 0 Å². The summed E-state index contributed by atoms with van der Waals surface area (Å²) in [6.07, 6.45) is 1.41. The number of aliphatic hydroxyl groups is 1. The molecule has 0 saturated carbocycles. The predicted molar refractivity (Wildman–Crippen MR) is 76.7 cm³/mol. The van der Waals surface area contributed by atoms with Gasteiger partial charge < -0.3 is 10.4 Å². The van der Waals surface area contributed by atoms with E-state index in [1.54, 1.807) is 0 Å². The Morgan fingerprint density at radius 2 is 2.00 bits per heavy atom. The highest BCUT2D eigenvalue weighted by molar-refractivity contribution is 9.10. The van der Waals surface area contributed by atoms with Crippen molar-refractivity contribution in [1.82, 2.24) is 5.32 Å². The summed E-state index contributed by atoms with van der Waals surface area (Å²) in [7, 11) is 0. The molecule has 2 N–H and O–H groups in total. The molecule has 0 aliphatic carbocycles. The fourth-order valence-electron chi connectivity index (χ4n) is 1.81. The van der Waals surface area contributed by atoms with Crippen LogP contribution >= 0.6 is 15.9 Å². The van der Waals surface area contributed by atoms with Crippen molar-refractivity contribution in [2.24, 2.45) is 0 Å². The molecule has 100 valence electrons. The Hall–Kier alpha value is -0.870. The molecule has 0 heterocycles. The van der Waals surface area contributed by atoms with Crippen molar-refractivity contribution in [1.29, 1.82) is 0 Å². The molecule has 18 heavy (non-hydrogen) atoms. The number of amides is 1. The fourth-order valence-corrected chi connectivity index (χ4v) is 2.24.